The number of nitrogens with one attached hydrogen (secondary N) is 2. The van der Waals surface area contributed by atoms with E-state index in [0.29, 0.717) is 24.9 Å². The van der Waals surface area contributed by atoms with Crippen molar-refractivity contribution in [2.24, 2.45) is 5.92 Å². The van der Waals surface area contributed by atoms with Gasteiger partial charge in [0.05, 0.1) is 12.0 Å². The van der Waals surface area contributed by atoms with E-state index < -0.39 is 46.0 Å². The summed E-state index contributed by atoms with van der Waals surface area (Å²) < 4.78 is 33.0. The molecule has 0 radical (unpaired) electrons. The summed E-state index contributed by atoms with van der Waals surface area (Å²) in [5.41, 5.74) is 7.77. The summed E-state index contributed by atoms with van der Waals surface area (Å²) in [7, 11) is -2.90. The normalized spacial score (nSPS) is 12.9. The Morgan fingerprint density at radius 2 is 1.43 bits per heavy atom. The Hall–Kier alpha value is -4.42. The molecule has 248 valence electrons. The highest BCUT2D eigenvalue weighted by atomic mass is 32.2. The molecule has 2 unspecified atom stereocenters. The van der Waals surface area contributed by atoms with Crippen molar-refractivity contribution in [2.45, 2.75) is 62.4 Å². The van der Waals surface area contributed by atoms with Crippen molar-refractivity contribution in [1.82, 2.24) is 14.9 Å². The van der Waals surface area contributed by atoms with Gasteiger partial charge in [0, 0.05) is 24.7 Å². The summed E-state index contributed by atoms with van der Waals surface area (Å²) >= 11 is 0. The minimum absolute atomic E-state index is 0.0282. The number of methoxy groups -OCH3 is 1. The predicted octanol–water partition coefficient (Wildman–Crippen LogP) is 4.60. The minimum atomic E-state index is -4.13. The molecule has 12 heteroatoms. The van der Waals surface area contributed by atoms with E-state index in [4.69, 9.17) is 10.5 Å². The Balaban J connectivity index is 1.74. The first-order chi connectivity index (χ1) is 21.9. The first-order valence-corrected chi connectivity index (χ1v) is 16.7. The van der Waals surface area contributed by atoms with Crippen LogP contribution >= 0.6 is 0 Å². The van der Waals surface area contributed by atoms with Gasteiger partial charge in [-0.05, 0) is 67.0 Å². The average Bonchev–Trinajstić information content (AvgIpc) is 3.04. The van der Waals surface area contributed by atoms with Crippen LogP contribution in [0.3, 0.4) is 0 Å². The third-order valence-electron chi connectivity index (χ3n) is 7.64. The maximum Gasteiger partial charge on any atom is 0.407 e. The van der Waals surface area contributed by atoms with E-state index in [-0.39, 0.29) is 30.3 Å². The molecular formula is C34H44N4O7S. The molecule has 11 nitrogen and oxygen atoms in total. The Morgan fingerprint density at radius 1 is 0.870 bits per heavy atom. The van der Waals surface area contributed by atoms with Crippen molar-refractivity contribution in [3.63, 3.8) is 0 Å². The van der Waals surface area contributed by atoms with Gasteiger partial charge in [0.15, 0.2) is 0 Å². The Labute approximate surface area is 271 Å². The number of ether oxygens (including phenoxy) is 1. The van der Waals surface area contributed by atoms with E-state index in [1.807, 2.05) is 74.5 Å². The highest BCUT2D eigenvalue weighted by Crippen LogP contribution is 2.29. The number of carbonyl (C=O) groups excluding carboxylic acids is 2. The number of benzene rings is 3. The second-order valence-electron chi connectivity index (χ2n) is 11.4. The van der Waals surface area contributed by atoms with Gasteiger partial charge in [-0.25, -0.2) is 13.2 Å². The number of nitrogens with zero attached hydrogens (tertiary/aromatic N) is 1. The molecule has 0 aromatic heterocycles. The fraction of sp³-hybridized carbons (Fsp3) is 0.382. The van der Waals surface area contributed by atoms with Crippen LogP contribution in [-0.4, -0.2) is 68.1 Å². The first kappa shape index (κ1) is 36.1. The molecule has 0 spiro atoms. The highest BCUT2D eigenvalue weighted by molar-refractivity contribution is 7.89. The number of anilines is 1. The SMILES string of the molecule is COC(=O)NC(C(=O)NCCCCC(C(=O)O)N(CCC(C)C)S(=O)(=O)c1ccc(N)cc1)C(c1ccccc1)c1ccccc1. The van der Waals surface area contributed by atoms with E-state index in [0.717, 1.165) is 15.4 Å². The summed E-state index contributed by atoms with van der Waals surface area (Å²) in [5.74, 6) is -2.06. The maximum absolute atomic E-state index is 13.6. The van der Waals surface area contributed by atoms with Crippen molar-refractivity contribution in [2.75, 3.05) is 25.9 Å². The number of rotatable bonds is 17. The summed E-state index contributed by atoms with van der Waals surface area (Å²) in [4.78, 5) is 38.3. The summed E-state index contributed by atoms with van der Waals surface area (Å²) in [6.45, 7) is 4.10. The quantitative estimate of drug-likeness (QED) is 0.121. The van der Waals surface area contributed by atoms with E-state index in [1.54, 1.807) is 0 Å². The molecule has 0 aliphatic rings. The molecular weight excluding hydrogens is 608 g/mol. The van der Waals surface area contributed by atoms with Crippen LogP contribution in [0.15, 0.2) is 89.8 Å². The average molecular weight is 653 g/mol. The topological polar surface area (TPSA) is 168 Å². The van der Waals surface area contributed by atoms with E-state index >= 15 is 0 Å². The smallest absolute Gasteiger partial charge is 0.407 e. The second kappa shape index (κ2) is 17.3. The van der Waals surface area contributed by atoms with Gasteiger partial charge in [0.2, 0.25) is 15.9 Å². The molecule has 2 atom stereocenters. The predicted molar refractivity (Wildman–Crippen MR) is 177 cm³/mol. The molecule has 0 aliphatic carbocycles. The van der Waals surface area contributed by atoms with Crippen LogP contribution in [0.5, 0.6) is 0 Å². The van der Waals surface area contributed by atoms with E-state index in [9.17, 15) is 27.9 Å². The highest BCUT2D eigenvalue weighted by Gasteiger charge is 2.36. The molecule has 0 saturated carbocycles. The molecule has 0 aliphatic heterocycles. The molecule has 0 bridgehead atoms. The molecule has 0 heterocycles. The number of carboxylic acids is 1. The second-order valence-corrected chi connectivity index (χ2v) is 13.3. The minimum Gasteiger partial charge on any atom is -0.480 e. The molecule has 5 N–H and O–H groups in total. The van der Waals surface area contributed by atoms with Gasteiger partial charge in [-0.1, -0.05) is 74.5 Å². The fourth-order valence-electron chi connectivity index (χ4n) is 5.16. The Bertz CT molecular complexity index is 1480. The number of nitrogen functional groups attached to an aromatic ring is 1. The lowest BCUT2D eigenvalue weighted by Crippen LogP contribution is -2.50. The number of alkyl carbamates (subject to hydrolysis) is 1. The summed E-state index contributed by atoms with van der Waals surface area (Å²) in [6, 6.07) is 22.0. The van der Waals surface area contributed by atoms with Crippen molar-refractivity contribution < 1.29 is 32.6 Å². The zero-order chi connectivity index (χ0) is 33.7. The largest absolute Gasteiger partial charge is 0.480 e. The lowest BCUT2D eigenvalue weighted by Gasteiger charge is -2.29. The van der Waals surface area contributed by atoms with Gasteiger partial charge in [-0.3, -0.25) is 9.59 Å². The number of nitrogens with two attached hydrogens (primary N) is 1. The third kappa shape index (κ3) is 10.0. The van der Waals surface area contributed by atoms with Crippen molar-refractivity contribution in [3.8, 4) is 0 Å². The number of aliphatic carboxylic acids is 1. The standard InChI is InChI=1S/C34H44N4O7S/c1-24(2)21-23-38(46(43,44)28-19-17-27(35)18-20-28)29(33(40)41)16-10-11-22-36-32(39)31(37-34(42)45-3)30(25-12-6-4-7-13-25)26-14-8-5-9-15-26/h4-9,12-15,17-20,24,29-31H,10-11,16,21-23,35H2,1-3H3,(H,36,39)(H,37,42)(H,40,41). The van der Waals surface area contributed by atoms with Gasteiger partial charge >= 0.3 is 12.1 Å². The molecule has 46 heavy (non-hydrogen) atoms. The Kier molecular flexibility index (Phi) is 13.6. The van der Waals surface area contributed by atoms with Crippen LogP contribution in [0, 0.1) is 5.92 Å². The van der Waals surface area contributed by atoms with E-state index in [2.05, 4.69) is 10.6 Å². The monoisotopic (exact) mass is 652 g/mol. The zero-order valence-corrected chi connectivity index (χ0v) is 27.3. The van der Waals surface area contributed by atoms with Crippen molar-refractivity contribution >= 4 is 33.7 Å². The molecule has 0 fully saturated rings. The van der Waals surface area contributed by atoms with Crippen LogP contribution in [0.4, 0.5) is 10.5 Å². The number of carboxylic acid groups (broad SMARTS) is 1. The van der Waals surface area contributed by atoms with Crippen LogP contribution in [0.25, 0.3) is 0 Å². The lowest BCUT2D eigenvalue weighted by molar-refractivity contribution is -0.141. The zero-order valence-electron chi connectivity index (χ0n) is 26.5. The van der Waals surface area contributed by atoms with Crippen LogP contribution in [0.1, 0.15) is 56.6 Å². The summed E-state index contributed by atoms with van der Waals surface area (Å²) in [5, 5.41) is 15.7. The number of sulfonamides is 1. The number of amides is 2. The number of carbonyl (C=O) groups is 3. The molecule has 0 saturated heterocycles. The number of hydrogen-bond acceptors (Lipinski definition) is 7. The van der Waals surface area contributed by atoms with Gasteiger partial charge in [-0.2, -0.15) is 4.31 Å². The van der Waals surface area contributed by atoms with Crippen molar-refractivity contribution in [1.29, 1.82) is 0 Å². The molecule has 2 amide bonds. The van der Waals surface area contributed by atoms with Gasteiger partial charge in [0.1, 0.15) is 12.1 Å². The van der Waals surface area contributed by atoms with Crippen molar-refractivity contribution in [3.05, 3.63) is 96.1 Å². The van der Waals surface area contributed by atoms with Crippen LogP contribution in [0.2, 0.25) is 0 Å². The van der Waals surface area contributed by atoms with Crippen LogP contribution < -0.4 is 16.4 Å². The van der Waals surface area contributed by atoms with Gasteiger partial charge in [-0.15, -0.1) is 0 Å². The van der Waals surface area contributed by atoms with Crippen LogP contribution in [-0.2, 0) is 24.3 Å². The third-order valence-corrected chi connectivity index (χ3v) is 9.56. The Morgan fingerprint density at radius 3 is 1.93 bits per heavy atom. The van der Waals surface area contributed by atoms with Gasteiger partial charge < -0.3 is 26.2 Å². The van der Waals surface area contributed by atoms with E-state index in [1.165, 1.54) is 31.4 Å². The first-order valence-electron chi connectivity index (χ1n) is 15.3. The molecule has 3 aromatic carbocycles. The van der Waals surface area contributed by atoms with Gasteiger partial charge in [0.25, 0.3) is 0 Å². The fourth-order valence-corrected chi connectivity index (χ4v) is 6.79. The lowest BCUT2D eigenvalue weighted by atomic mass is 9.84. The number of hydrogen-bond donors (Lipinski definition) is 4. The molecule has 3 aromatic rings. The molecule has 3 rings (SSSR count). The number of unbranched alkanes of at least 4 members (excludes halogenated alkanes) is 1. The maximum atomic E-state index is 13.6. The summed E-state index contributed by atoms with van der Waals surface area (Å²) in [6.07, 6.45) is 0.458.